The monoisotopic (exact) mass is 482 g/mol. The molecule has 1 aromatic carbocycles. The molecule has 0 saturated carbocycles. The van der Waals surface area contributed by atoms with E-state index in [1.54, 1.807) is 35.9 Å². The number of benzene rings is 1. The van der Waals surface area contributed by atoms with Crippen molar-refractivity contribution >= 4 is 22.8 Å². The van der Waals surface area contributed by atoms with E-state index in [0.717, 1.165) is 0 Å². The number of aromatic nitrogens is 3. The van der Waals surface area contributed by atoms with Gasteiger partial charge < -0.3 is 24.7 Å². The van der Waals surface area contributed by atoms with Gasteiger partial charge in [0.15, 0.2) is 18.2 Å². The number of carbonyl (C=O) groups excluding carboxylic acids is 1. The number of ether oxygens (including phenoxy) is 2. The second-order valence-electron chi connectivity index (χ2n) is 8.68. The van der Waals surface area contributed by atoms with E-state index in [2.05, 4.69) is 20.6 Å². The van der Waals surface area contributed by atoms with Crippen molar-refractivity contribution in [2.24, 2.45) is 0 Å². The van der Waals surface area contributed by atoms with Crippen LogP contribution >= 0.6 is 0 Å². The molecule has 35 heavy (non-hydrogen) atoms. The first kappa shape index (κ1) is 23.2. The second kappa shape index (κ2) is 9.96. The Balaban J connectivity index is 1.17. The van der Waals surface area contributed by atoms with Crippen LogP contribution in [-0.4, -0.2) is 70.9 Å². The van der Waals surface area contributed by atoms with E-state index in [-0.39, 0.29) is 30.7 Å². The smallest absolute Gasteiger partial charge is 0.269 e. The van der Waals surface area contributed by atoms with Gasteiger partial charge in [-0.3, -0.25) is 14.5 Å². The lowest BCUT2D eigenvalue weighted by Gasteiger charge is -2.35. The Hall–Kier alpha value is -3.57. The zero-order valence-electron chi connectivity index (χ0n) is 19.4. The fraction of sp³-hybridized carbons (Fsp3) is 0.417. The Morgan fingerprint density at radius 2 is 2.14 bits per heavy atom. The molecule has 4 heterocycles. The van der Waals surface area contributed by atoms with Gasteiger partial charge in [-0.1, -0.05) is 0 Å². The molecule has 0 spiro atoms. The number of fused-ring (bicyclic) bond motifs is 2. The number of halogens is 1. The average molecular weight is 483 g/mol. The molecule has 0 aliphatic carbocycles. The number of pyridine rings is 1. The Labute approximate surface area is 201 Å². The number of anilines is 1. The van der Waals surface area contributed by atoms with Gasteiger partial charge in [0, 0.05) is 38.3 Å². The molecule has 10 nitrogen and oxygen atoms in total. The van der Waals surface area contributed by atoms with E-state index >= 15 is 0 Å². The van der Waals surface area contributed by atoms with Gasteiger partial charge in [-0.15, -0.1) is 0 Å². The minimum atomic E-state index is -1.06. The van der Waals surface area contributed by atoms with Crippen LogP contribution in [0.15, 0.2) is 41.3 Å². The molecular weight excluding hydrogens is 455 g/mol. The Bertz CT molecular complexity index is 1300. The zero-order valence-corrected chi connectivity index (χ0v) is 19.4. The molecule has 1 saturated heterocycles. The summed E-state index contributed by atoms with van der Waals surface area (Å²) in [4.78, 5) is 34.6. The molecule has 2 aliphatic rings. The van der Waals surface area contributed by atoms with Crippen LogP contribution in [0.2, 0.25) is 0 Å². The number of carbonyl (C=O) groups is 1. The highest BCUT2D eigenvalue weighted by atomic mass is 19.1. The van der Waals surface area contributed by atoms with Crippen molar-refractivity contribution in [3.8, 4) is 11.5 Å². The minimum Gasteiger partial charge on any atom is -0.497 e. The highest BCUT2D eigenvalue weighted by Crippen LogP contribution is 2.25. The first-order valence-corrected chi connectivity index (χ1v) is 11.6. The van der Waals surface area contributed by atoms with Gasteiger partial charge in [-0.2, -0.15) is 0 Å². The number of hydrogen-bond donors (Lipinski definition) is 2. The lowest BCUT2D eigenvalue weighted by molar-refractivity contribution is -0.118. The van der Waals surface area contributed by atoms with E-state index in [0.29, 0.717) is 66.6 Å². The molecule has 0 bridgehead atoms. The van der Waals surface area contributed by atoms with E-state index in [1.807, 2.05) is 11.0 Å². The van der Waals surface area contributed by atoms with Crippen molar-refractivity contribution in [1.29, 1.82) is 0 Å². The van der Waals surface area contributed by atoms with Crippen LogP contribution in [0.5, 0.6) is 11.5 Å². The molecule has 2 N–H and O–H groups in total. The summed E-state index contributed by atoms with van der Waals surface area (Å²) in [6.45, 7) is 2.34. The first-order valence-electron chi connectivity index (χ1n) is 11.6. The van der Waals surface area contributed by atoms with Crippen molar-refractivity contribution < 1.29 is 18.7 Å². The minimum absolute atomic E-state index is 0.0193. The fourth-order valence-electron chi connectivity index (χ4n) is 4.48. The van der Waals surface area contributed by atoms with Gasteiger partial charge in [0.25, 0.3) is 11.5 Å². The quantitative estimate of drug-likeness (QED) is 0.519. The number of alkyl halides is 1. The highest BCUT2D eigenvalue weighted by molar-refractivity contribution is 5.94. The van der Waals surface area contributed by atoms with Crippen LogP contribution in [-0.2, 0) is 17.9 Å². The fourth-order valence-corrected chi connectivity index (χ4v) is 4.48. The molecule has 1 amide bonds. The Kier molecular flexibility index (Phi) is 6.60. The molecular formula is C24H27FN6O4. The van der Waals surface area contributed by atoms with E-state index < -0.39 is 6.17 Å². The number of rotatable bonds is 7. The number of nitrogens with one attached hydrogen (secondary N) is 2. The number of nitrogens with zero attached hydrogens (tertiary/aromatic N) is 4. The number of amides is 1. The third-order valence-electron chi connectivity index (χ3n) is 6.40. The largest absolute Gasteiger partial charge is 0.497 e. The molecule has 0 unspecified atom stereocenters. The highest BCUT2D eigenvalue weighted by Gasteiger charge is 2.29. The molecule has 5 rings (SSSR count). The number of hydrogen-bond acceptors (Lipinski definition) is 8. The normalized spacial score (nSPS) is 20.2. The molecule has 2 aliphatic heterocycles. The summed E-state index contributed by atoms with van der Waals surface area (Å²) in [6, 6.07) is 8.68. The van der Waals surface area contributed by atoms with Crippen LogP contribution in [0.1, 0.15) is 12.1 Å². The zero-order chi connectivity index (χ0) is 24.4. The van der Waals surface area contributed by atoms with Crippen LogP contribution in [0.4, 0.5) is 10.2 Å². The molecule has 3 aromatic rings. The van der Waals surface area contributed by atoms with Crippen molar-refractivity contribution in [3.05, 3.63) is 52.6 Å². The van der Waals surface area contributed by atoms with E-state index in [4.69, 9.17) is 9.47 Å². The third-order valence-corrected chi connectivity index (χ3v) is 6.40. The Morgan fingerprint density at radius 1 is 1.26 bits per heavy atom. The summed E-state index contributed by atoms with van der Waals surface area (Å²) in [6.07, 6.45) is 0.886. The summed E-state index contributed by atoms with van der Waals surface area (Å²) >= 11 is 0. The van der Waals surface area contributed by atoms with Gasteiger partial charge in [-0.25, -0.2) is 14.4 Å². The van der Waals surface area contributed by atoms with Crippen molar-refractivity contribution in [1.82, 2.24) is 24.8 Å². The van der Waals surface area contributed by atoms with Crippen molar-refractivity contribution in [3.63, 3.8) is 0 Å². The van der Waals surface area contributed by atoms with Gasteiger partial charge in [0.1, 0.15) is 11.9 Å². The van der Waals surface area contributed by atoms with Crippen LogP contribution in [0.3, 0.4) is 0 Å². The lowest BCUT2D eigenvalue weighted by Crippen LogP contribution is -2.51. The number of methoxy groups -OCH3 is 1. The van der Waals surface area contributed by atoms with Crippen LogP contribution in [0.25, 0.3) is 11.0 Å². The molecule has 2 atom stereocenters. The topological polar surface area (TPSA) is 111 Å². The van der Waals surface area contributed by atoms with Gasteiger partial charge >= 0.3 is 0 Å². The van der Waals surface area contributed by atoms with Crippen molar-refractivity contribution in [2.45, 2.75) is 31.7 Å². The maximum absolute atomic E-state index is 15.0. The van der Waals surface area contributed by atoms with Crippen LogP contribution in [0, 0.1) is 0 Å². The molecule has 11 heteroatoms. The SMILES string of the molecule is COc1ccc2ncc(=O)n(CCN3CC[C@@H](NCc4ccc5c(n4)NC(=O)CO5)[C@H](F)C3)c2c1. The van der Waals surface area contributed by atoms with E-state index in [1.165, 1.54) is 6.20 Å². The van der Waals surface area contributed by atoms with Crippen molar-refractivity contribution in [2.75, 3.05) is 38.7 Å². The lowest BCUT2D eigenvalue weighted by atomic mass is 10.0. The summed E-state index contributed by atoms with van der Waals surface area (Å²) < 4.78 is 27.3. The predicted molar refractivity (Wildman–Crippen MR) is 127 cm³/mol. The standard InChI is InChI=1S/C24H27FN6O4/c1-34-16-3-4-19-20(10-16)31(23(33)12-27-19)9-8-30-7-6-18(17(25)13-30)26-11-15-2-5-21-24(28-15)29-22(32)14-35-21/h2-5,10,12,17-18,26H,6-9,11,13-14H2,1H3,(H,28,29,32)/t17-,18-/m1/s1. The van der Waals surface area contributed by atoms with Crippen LogP contribution < -0.4 is 25.7 Å². The van der Waals surface area contributed by atoms with E-state index in [9.17, 15) is 14.0 Å². The molecule has 1 fully saturated rings. The second-order valence-corrected chi connectivity index (χ2v) is 8.68. The first-order chi connectivity index (χ1) is 17.0. The Morgan fingerprint density at radius 3 is 2.97 bits per heavy atom. The maximum Gasteiger partial charge on any atom is 0.269 e. The maximum atomic E-state index is 15.0. The van der Waals surface area contributed by atoms with Gasteiger partial charge in [-0.05, 0) is 37.2 Å². The molecule has 2 aromatic heterocycles. The van der Waals surface area contributed by atoms with Gasteiger partial charge in [0.2, 0.25) is 0 Å². The summed E-state index contributed by atoms with van der Waals surface area (Å²) in [5.41, 5.74) is 1.91. The summed E-state index contributed by atoms with van der Waals surface area (Å²) in [7, 11) is 1.58. The molecule has 0 radical (unpaired) electrons. The number of likely N-dealkylation sites (tertiary alicyclic amines) is 1. The summed E-state index contributed by atoms with van der Waals surface area (Å²) in [5.74, 6) is 1.33. The average Bonchev–Trinajstić information content (AvgIpc) is 2.87. The third kappa shape index (κ3) is 5.10. The summed E-state index contributed by atoms with van der Waals surface area (Å²) in [5, 5.41) is 5.93. The molecule has 184 valence electrons. The van der Waals surface area contributed by atoms with Gasteiger partial charge in [0.05, 0.1) is 30.0 Å². The number of piperidine rings is 1. The predicted octanol–water partition coefficient (Wildman–Crippen LogP) is 1.33.